The predicted octanol–water partition coefficient (Wildman–Crippen LogP) is 2.90. The van der Waals surface area contributed by atoms with E-state index < -0.39 is 5.60 Å². The van der Waals surface area contributed by atoms with Gasteiger partial charge in [0.15, 0.2) is 0 Å². The number of rotatable bonds is 4. The van der Waals surface area contributed by atoms with Crippen LogP contribution < -0.4 is 5.32 Å². The monoisotopic (exact) mass is 281 g/mol. The fourth-order valence-electron chi connectivity index (χ4n) is 2.60. The van der Waals surface area contributed by atoms with Gasteiger partial charge in [0, 0.05) is 5.92 Å². The maximum atomic E-state index is 12.1. The highest BCUT2D eigenvalue weighted by Crippen LogP contribution is 2.28. The molecule has 1 unspecified atom stereocenters. The summed E-state index contributed by atoms with van der Waals surface area (Å²) < 4.78 is 0. The highest BCUT2D eigenvalue weighted by Gasteiger charge is 2.28. The summed E-state index contributed by atoms with van der Waals surface area (Å²) in [5.41, 5.74) is -0.104. The van der Waals surface area contributed by atoms with E-state index >= 15 is 0 Å². The highest BCUT2D eigenvalue weighted by molar-refractivity contribution is 7.08. The first-order chi connectivity index (χ1) is 8.99. The first-order valence-electron chi connectivity index (χ1n) is 7.02. The fraction of sp³-hybridized carbons (Fsp3) is 0.667. The molecule has 4 heteroatoms. The summed E-state index contributed by atoms with van der Waals surface area (Å²) in [4.78, 5) is 12.1. The molecule has 2 N–H and O–H groups in total. The Balaban J connectivity index is 1.83. The summed E-state index contributed by atoms with van der Waals surface area (Å²) in [7, 11) is 0. The topological polar surface area (TPSA) is 49.3 Å². The van der Waals surface area contributed by atoms with E-state index in [1.54, 1.807) is 18.3 Å². The zero-order chi connectivity index (χ0) is 13.9. The van der Waals surface area contributed by atoms with E-state index in [-0.39, 0.29) is 18.4 Å². The lowest BCUT2D eigenvalue weighted by molar-refractivity contribution is -0.127. The average Bonchev–Trinajstić information content (AvgIpc) is 2.91. The molecule has 1 aliphatic rings. The molecule has 1 aromatic rings. The van der Waals surface area contributed by atoms with E-state index in [1.165, 1.54) is 0 Å². The third kappa shape index (κ3) is 3.80. The molecule has 0 aliphatic heterocycles. The van der Waals surface area contributed by atoms with Crippen molar-refractivity contribution < 1.29 is 9.90 Å². The molecule has 1 atom stereocenters. The summed E-state index contributed by atoms with van der Waals surface area (Å²) in [6, 6.07) is 1.90. The second-order valence-corrected chi connectivity index (χ2v) is 6.74. The largest absolute Gasteiger partial charge is 0.384 e. The van der Waals surface area contributed by atoms with Crippen molar-refractivity contribution in [3.63, 3.8) is 0 Å². The molecule has 1 heterocycles. The van der Waals surface area contributed by atoms with Gasteiger partial charge in [0.25, 0.3) is 0 Å². The molecule has 2 rings (SSSR count). The van der Waals surface area contributed by atoms with Crippen molar-refractivity contribution in [3.05, 3.63) is 22.4 Å². The molecule has 1 saturated carbocycles. The summed E-state index contributed by atoms with van der Waals surface area (Å²) in [5, 5.41) is 17.1. The quantitative estimate of drug-likeness (QED) is 0.891. The second kappa shape index (κ2) is 6.06. The van der Waals surface area contributed by atoms with Gasteiger partial charge >= 0.3 is 0 Å². The lowest BCUT2D eigenvalue weighted by Crippen LogP contribution is -2.41. The predicted molar refractivity (Wildman–Crippen MR) is 78.0 cm³/mol. The van der Waals surface area contributed by atoms with Gasteiger partial charge in [0.1, 0.15) is 5.60 Å². The number of hydrogen-bond acceptors (Lipinski definition) is 3. The van der Waals surface area contributed by atoms with E-state index in [1.807, 2.05) is 16.8 Å². The maximum absolute atomic E-state index is 12.1. The Kier molecular flexibility index (Phi) is 4.63. The molecule has 1 aliphatic carbocycles. The molecule has 0 bridgehead atoms. The summed E-state index contributed by atoms with van der Waals surface area (Å²) in [6.45, 7) is 4.28. The molecule has 0 aromatic carbocycles. The van der Waals surface area contributed by atoms with Gasteiger partial charge in [-0.1, -0.05) is 6.92 Å². The number of hydrogen-bond donors (Lipinski definition) is 2. The van der Waals surface area contributed by atoms with E-state index in [0.29, 0.717) is 0 Å². The minimum Gasteiger partial charge on any atom is -0.384 e. The van der Waals surface area contributed by atoms with Crippen LogP contribution in [-0.4, -0.2) is 17.6 Å². The van der Waals surface area contributed by atoms with Crippen LogP contribution in [0, 0.1) is 11.8 Å². The first-order valence-corrected chi connectivity index (χ1v) is 7.96. The van der Waals surface area contributed by atoms with Crippen LogP contribution in [0.4, 0.5) is 0 Å². The zero-order valence-corrected chi connectivity index (χ0v) is 12.5. The zero-order valence-electron chi connectivity index (χ0n) is 11.7. The molecular formula is C15H23NO2S. The molecule has 1 fully saturated rings. The van der Waals surface area contributed by atoms with Crippen LogP contribution in [0.25, 0.3) is 0 Å². The summed E-state index contributed by atoms with van der Waals surface area (Å²) in [6.07, 6.45) is 4.24. The van der Waals surface area contributed by atoms with E-state index in [4.69, 9.17) is 0 Å². The van der Waals surface area contributed by atoms with Crippen LogP contribution in [0.1, 0.15) is 45.1 Å². The third-order valence-electron chi connectivity index (χ3n) is 4.14. The molecule has 0 spiro atoms. The number of amides is 1. The minimum atomic E-state index is -0.975. The normalized spacial score (nSPS) is 26.7. The van der Waals surface area contributed by atoms with Crippen molar-refractivity contribution >= 4 is 17.2 Å². The molecule has 0 saturated heterocycles. The number of thiophene rings is 1. The Labute approximate surface area is 119 Å². The van der Waals surface area contributed by atoms with Gasteiger partial charge in [-0.2, -0.15) is 11.3 Å². The lowest BCUT2D eigenvalue weighted by atomic mass is 9.82. The van der Waals surface area contributed by atoms with Crippen LogP contribution >= 0.6 is 11.3 Å². The molecule has 1 amide bonds. The Morgan fingerprint density at radius 1 is 1.47 bits per heavy atom. The van der Waals surface area contributed by atoms with Crippen molar-refractivity contribution in [1.82, 2.24) is 5.32 Å². The van der Waals surface area contributed by atoms with Crippen molar-refractivity contribution in [2.75, 3.05) is 6.54 Å². The lowest BCUT2D eigenvalue weighted by Gasteiger charge is -2.28. The van der Waals surface area contributed by atoms with Gasteiger partial charge in [-0.3, -0.25) is 4.79 Å². The van der Waals surface area contributed by atoms with E-state index in [9.17, 15) is 9.90 Å². The molecule has 1 aromatic heterocycles. The maximum Gasteiger partial charge on any atom is 0.223 e. The number of carbonyl (C=O) groups is 1. The Bertz CT molecular complexity index is 406. The molecule has 19 heavy (non-hydrogen) atoms. The molecule has 0 radical (unpaired) electrons. The number of nitrogens with one attached hydrogen (secondary N) is 1. The first kappa shape index (κ1) is 14.5. The molecular weight excluding hydrogens is 258 g/mol. The van der Waals surface area contributed by atoms with Crippen LogP contribution in [0.2, 0.25) is 0 Å². The summed E-state index contributed by atoms with van der Waals surface area (Å²) >= 11 is 1.56. The highest BCUT2D eigenvalue weighted by atomic mass is 32.1. The van der Waals surface area contributed by atoms with Gasteiger partial charge in [0.05, 0.1) is 6.54 Å². The van der Waals surface area contributed by atoms with Gasteiger partial charge in [-0.05, 0) is 60.9 Å². The number of carbonyl (C=O) groups excluding carboxylic acids is 1. The SMILES string of the molecule is CC1CCC(C(=O)NCC(C)(O)c2ccsc2)CC1. The van der Waals surface area contributed by atoms with E-state index in [2.05, 4.69) is 12.2 Å². The van der Waals surface area contributed by atoms with E-state index in [0.717, 1.165) is 37.2 Å². The Hall–Kier alpha value is -0.870. The van der Waals surface area contributed by atoms with Crippen LogP contribution in [-0.2, 0) is 10.4 Å². The number of aliphatic hydroxyl groups is 1. The smallest absolute Gasteiger partial charge is 0.223 e. The van der Waals surface area contributed by atoms with Gasteiger partial charge in [-0.25, -0.2) is 0 Å². The van der Waals surface area contributed by atoms with Crippen LogP contribution in [0.5, 0.6) is 0 Å². The standard InChI is InChI=1S/C15H23NO2S/c1-11-3-5-12(6-4-11)14(17)16-10-15(2,18)13-7-8-19-9-13/h7-9,11-12,18H,3-6,10H2,1-2H3,(H,16,17). The van der Waals surface area contributed by atoms with Crippen molar-refractivity contribution in [2.24, 2.45) is 11.8 Å². The molecule has 3 nitrogen and oxygen atoms in total. The Morgan fingerprint density at radius 2 is 2.16 bits per heavy atom. The van der Waals surface area contributed by atoms with Crippen molar-refractivity contribution in [1.29, 1.82) is 0 Å². The Morgan fingerprint density at radius 3 is 2.74 bits per heavy atom. The summed E-state index contributed by atoms with van der Waals surface area (Å²) in [5.74, 6) is 0.981. The third-order valence-corrected chi connectivity index (χ3v) is 4.82. The van der Waals surface area contributed by atoms with Crippen molar-refractivity contribution in [2.45, 2.75) is 45.1 Å². The van der Waals surface area contributed by atoms with Crippen molar-refractivity contribution in [3.8, 4) is 0 Å². The van der Waals surface area contributed by atoms with Gasteiger partial charge in [-0.15, -0.1) is 0 Å². The second-order valence-electron chi connectivity index (χ2n) is 5.96. The molecule has 106 valence electrons. The van der Waals surface area contributed by atoms with Crippen LogP contribution in [0.3, 0.4) is 0 Å². The van der Waals surface area contributed by atoms with Crippen LogP contribution in [0.15, 0.2) is 16.8 Å². The van der Waals surface area contributed by atoms with Gasteiger partial charge in [0.2, 0.25) is 5.91 Å². The van der Waals surface area contributed by atoms with Gasteiger partial charge < -0.3 is 10.4 Å². The minimum absolute atomic E-state index is 0.0994. The fourth-order valence-corrected chi connectivity index (χ4v) is 3.38. The average molecular weight is 281 g/mol.